The molecule has 1 aliphatic heterocycles. The summed E-state index contributed by atoms with van der Waals surface area (Å²) in [6, 6.07) is 0. The fourth-order valence-electron chi connectivity index (χ4n) is 1.63. The number of hydrogen-bond donors (Lipinski definition) is 8. The molecule has 4 atom stereocenters. The summed E-state index contributed by atoms with van der Waals surface area (Å²) in [6.07, 6.45) is -1.17. The van der Waals surface area contributed by atoms with Gasteiger partial charge in [-0.1, -0.05) is 0 Å². The number of nitrogens with one attached hydrogen (secondary N) is 2. The van der Waals surface area contributed by atoms with E-state index < -0.39 is 36.9 Å². The highest BCUT2D eigenvalue weighted by molar-refractivity contribution is 5.96. The molecule has 9 N–H and O–H groups in total. The predicted octanol–water partition coefficient (Wildman–Crippen LogP) is -3.66. The minimum atomic E-state index is -1.73. The van der Waals surface area contributed by atoms with Crippen LogP contribution in [0.5, 0.6) is 0 Å². The number of allylic oxidation sites excluding steroid dienone is 1. The third-order valence-electron chi connectivity index (χ3n) is 2.85. The predicted molar refractivity (Wildman–Crippen MR) is 71.9 cm³/mol. The van der Waals surface area contributed by atoms with Crippen LogP contribution < -0.4 is 16.6 Å². The molecule has 9 nitrogen and oxygen atoms in total. The van der Waals surface area contributed by atoms with Crippen molar-refractivity contribution in [1.29, 1.82) is 0 Å². The van der Waals surface area contributed by atoms with Crippen LogP contribution in [-0.4, -0.2) is 62.5 Å². The molecule has 21 heavy (non-hydrogen) atoms. The molecule has 118 valence electrons. The Bertz CT molecular complexity index is 462. The Morgan fingerprint density at radius 2 is 2.00 bits per heavy atom. The van der Waals surface area contributed by atoms with Crippen molar-refractivity contribution in [3.05, 3.63) is 35.7 Å². The summed E-state index contributed by atoms with van der Waals surface area (Å²) in [5.41, 5.74) is 2.45. The van der Waals surface area contributed by atoms with Gasteiger partial charge in [0.25, 0.3) is 5.91 Å². The van der Waals surface area contributed by atoms with Crippen LogP contribution >= 0.6 is 0 Å². The molecule has 0 radical (unpaired) electrons. The number of hydrogen-bond acceptors (Lipinski definition) is 8. The van der Waals surface area contributed by atoms with Gasteiger partial charge in [0.2, 0.25) is 0 Å². The molecule has 0 aliphatic carbocycles. The number of dihydropyridines is 1. The summed E-state index contributed by atoms with van der Waals surface area (Å²) >= 11 is 0. The zero-order valence-corrected chi connectivity index (χ0v) is 11.0. The maximum atomic E-state index is 11.3. The summed E-state index contributed by atoms with van der Waals surface area (Å²) in [6.45, 7) is -0.761. The number of carbonyl (C=O) groups is 1. The highest BCUT2D eigenvalue weighted by Gasteiger charge is 2.29. The maximum absolute atomic E-state index is 11.3. The van der Waals surface area contributed by atoms with Gasteiger partial charge in [-0.25, -0.2) is 5.84 Å². The number of aliphatic hydroxyl groups is 5. The summed E-state index contributed by atoms with van der Waals surface area (Å²) < 4.78 is 0. The van der Waals surface area contributed by atoms with Crippen LogP contribution in [0.1, 0.15) is 0 Å². The van der Waals surface area contributed by atoms with E-state index in [1.165, 1.54) is 18.4 Å². The zero-order chi connectivity index (χ0) is 16.0. The number of amides is 1. The number of carbonyl (C=O) groups excluding carboxylic acids is 1. The molecule has 0 aromatic rings. The van der Waals surface area contributed by atoms with E-state index in [2.05, 4.69) is 5.32 Å². The highest BCUT2D eigenvalue weighted by Crippen LogP contribution is 2.12. The summed E-state index contributed by atoms with van der Waals surface area (Å²) in [7, 11) is 0. The Labute approximate surface area is 120 Å². The van der Waals surface area contributed by atoms with Crippen molar-refractivity contribution < 1.29 is 30.3 Å². The number of nitrogens with two attached hydrogens (primary N) is 1. The van der Waals surface area contributed by atoms with E-state index in [0.29, 0.717) is 0 Å². The van der Waals surface area contributed by atoms with E-state index in [0.717, 1.165) is 6.08 Å². The van der Waals surface area contributed by atoms with Crippen LogP contribution in [0.15, 0.2) is 35.7 Å². The average Bonchev–Trinajstić information content (AvgIpc) is 2.51. The van der Waals surface area contributed by atoms with Gasteiger partial charge < -0.3 is 30.8 Å². The molecule has 9 heteroatoms. The monoisotopic (exact) mass is 301 g/mol. The largest absolute Gasteiger partial charge is 0.394 e. The molecule has 0 aromatic heterocycles. The summed E-state index contributed by atoms with van der Waals surface area (Å²) in [4.78, 5) is 11.3. The molecule has 0 fully saturated rings. The molecule has 1 aliphatic rings. The van der Waals surface area contributed by atoms with Crippen LogP contribution in [0.25, 0.3) is 0 Å². The van der Waals surface area contributed by atoms with Crippen molar-refractivity contribution in [2.75, 3.05) is 6.61 Å². The molecule has 1 amide bonds. The van der Waals surface area contributed by atoms with Gasteiger partial charge in [0.05, 0.1) is 6.61 Å². The number of hydrazine groups is 1. The van der Waals surface area contributed by atoms with Crippen LogP contribution in [0.3, 0.4) is 0 Å². The van der Waals surface area contributed by atoms with Gasteiger partial charge in [0.1, 0.15) is 24.4 Å². The smallest absolute Gasteiger partial charge is 0.265 e. The van der Waals surface area contributed by atoms with Gasteiger partial charge in [-0.05, 0) is 18.2 Å². The molecule has 0 aromatic carbocycles. The third-order valence-corrected chi connectivity index (χ3v) is 2.85. The lowest BCUT2D eigenvalue weighted by Gasteiger charge is -2.24. The zero-order valence-electron chi connectivity index (χ0n) is 11.0. The number of aliphatic hydroxyl groups excluding tert-OH is 5. The first-order chi connectivity index (χ1) is 9.90. The van der Waals surface area contributed by atoms with E-state index in [1.807, 2.05) is 5.43 Å². The van der Waals surface area contributed by atoms with Crippen LogP contribution in [0.2, 0.25) is 0 Å². The lowest BCUT2D eigenvalue weighted by molar-refractivity contribution is -0.117. The Kier molecular flexibility index (Phi) is 6.49. The van der Waals surface area contributed by atoms with Gasteiger partial charge in [-0.15, -0.1) is 0 Å². The quantitative estimate of drug-likeness (QED) is 0.141. The van der Waals surface area contributed by atoms with Gasteiger partial charge >= 0.3 is 0 Å². The second-order valence-corrected chi connectivity index (χ2v) is 4.39. The topological polar surface area (TPSA) is 168 Å². The summed E-state index contributed by atoms with van der Waals surface area (Å²) in [5, 5.41) is 49.5. The molecular weight excluding hydrogens is 282 g/mol. The molecule has 1 rings (SSSR count). The minimum Gasteiger partial charge on any atom is -0.394 e. The van der Waals surface area contributed by atoms with Crippen LogP contribution in [-0.2, 0) is 4.79 Å². The SMILES string of the molecule is NNC(=O)C1=C/C(=C/C(O)C(O)C(O)C(O)CO)NC=C1. The highest BCUT2D eigenvalue weighted by atomic mass is 16.4. The van der Waals surface area contributed by atoms with Gasteiger partial charge in [-0.3, -0.25) is 10.2 Å². The second kappa shape index (κ2) is 7.88. The first-order valence-electron chi connectivity index (χ1n) is 6.11. The summed E-state index contributed by atoms with van der Waals surface area (Å²) in [5.74, 6) is 4.46. The van der Waals surface area contributed by atoms with Crippen molar-refractivity contribution in [2.45, 2.75) is 24.4 Å². The standard InChI is InChI=1S/C12H19N3O6/c13-15-12(21)6-1-2-14-7(3-6)4-8(17)10(19)11(20)9(18)5-16/h1-4,8-11,14,16-20H,5,13H2,(H,15,21)/b7-4-. The first-order valence-corrected chi connectivity index (χ1v) is 6.11. The molecule has 0 spiro atoms. The second-order valence-electron chi connectivity index (χ2n) is 4.39. The lowest BCUT2D eigenvalue weighted by atomic mass is 10.0. The Morgan fingerprint density at radius 3 is 2.57 bits per heavy atom. The van der Waals surface area contributed by atoms with Crippen LogP contribution in [0, 0.1) is 0 Å². The van der Waals surface area contributed by atoms with Crippen molar-refractivity contribution in [3.63, 3.8) is 0 Å². The molecular formula is C12H19N3O6. The molecule has 0 bridgehead atoms. The molecule has 0 saturated carbocycles. The fourth-order valence-corrected chi connectivity index (χ4v) is 1.63. The molecule has 4 unspecified atom stereocenters. The van der Waals surface area contributed by atoms with Gasteiger partial charge in [0.15, 0.2) is 0 Å². The fraction of sp³-hybridized carbons (Fsp3) is 0.417. The van der Waals surface area contributed by atoms with E-state index >= 15 is 0 Å². The Balaban J connectivity index is 2.80. The molecule has 1 heterocycles. The van der Waals surface area contributed by atoms with Crippen LogP contribution in [0.4, 0.5) is 0 Å². The Morgan fingerprint density at radius 1 is 1.33 bits per heavy atom. The third kappa shape index (κ3) is 4.63. The maximum Gasteiger partial charge on any atom is 0.265 e. The van der Waals surface area contributed by atoms with Gasteiger partial charge in [-0.2, -0.15) is 0 Å². The first kappa shape index (κ1) is 17.3. The van der Waals surface area contributed by atoms with Gasteiger partial charge in [0, 0.05) is 17.5 Å². The number of rotatable bonds is 6. The molecule has 0 saturated heterocycles. The van der Waals surface area contributed by atoms with E-state index in [1.54, 1.807) is 0 Å². The van der Waals surface area contributed by atoms with E-state index in [4.69, 9.17) is 10.9 Å². The lowest BCUT2D eigenvalue weighted by Crippen LogP contribution is -2.45. The van der Waals surface area contributed by atoms with E-state index in [-0.39, 0.29) is 11.3 Å². The van der Waals surface area contributed by atoms with Crippen molar-refractivity contribution in [2.24, 2.45) is 5.84 Å². The normalized spacial score (nSPS) is 22.0. The van der Waals surface area contributed by atoms with E-state index in [9.17, 15) is 25.2 Å². The van der Waals surface area contributed by atoms with Crippen molar-refractivity contribution in [1.82, 2.24) is 10.7 Å². The minimum absolute atomic E-state index is 0.222. The Hall–Kier alpha value is -1.75. The van der Waals surface area contributed by atoms with Crippen molar-refractivity contribution >= 4 is 5.91 Å². The van der Waals surface area contributed by atoms with Crippen molar-refractivity contribution in [3.8, 4) is 0 Å². The average molecular weight is 301 g/mol.